The Morgan fingerprint density at radius 2 is 2.10 bits per heavy atom. The first-order chi connectivity index (χ1) is 14.5. The second-order valence-electron chi connectivity index (χ2n) is 7.30. The SMILES string of the molecule is CCn1ncc2c1-c1cnc(N)c(c1)O[C@H](C)c1cc(F)ccc1-n1ccnc1C2. The van der Waals surface area contributed by atoms with Crippen LogP contribution in [-0.2, 0) is 13.0 Å². The lowest BCUT2D eigenvalue weighted by Gasteiger charge is -2.22. The summed E-state index contributed by atoms with van der Waals surface area (Å²) in [6, 6.07) is 6.55. The van der Waals surface area contributed by atoms with Gasteiger partial charge in [0.05, 0.1) is 17.6 Å². The average Bonchev–Trinajstić information content (AvgIpc) is 3.36. The molecule has 1 atom stereocenters. The molecule has 7 nitrogen and oxygen atoms in total. The van der Waals surface area contributed by atoms with Crippen molar-refractivity contribution >= 4 is 5.82 Å². The number of anilines is 1. The Labute approximate surface area is 173 Å². The number of aryl methyl sites for hydroxylation is 1. The van der Waals surface area contributed by atoms with E-state index in [1.54, 1.807) is 18.5 Å². The molecule has 0 fully saturated rings. The summed E-state index contributed by atoms with van der Waals surface area (Å²) >= 11 is 0. The number of fused-ring (bicyclic) bond motifs is 7. The Morgan fingerprint density at radius 3 is 2.93 bits per heavy atom. The van der Waals surface area contributed by atoms with Gasteiger partial charge >= 0.3 is 0 Å². The molecule has 2 bridgehead atoms. The summed E-state index contributed by atoms with van der Waals surface area (Å²) < 4.78 is 24.2. The predicted octanol–water partition coefficient (Wildman–Crippen LogP) is 3.92. The van der Waals surface area contributed by atoms with Gasteiger partial charge in [0.15, 0.2) is 11.6 Å². The number of halogens is 1. The molecule has 0 radical (unpaired) electrons. The van der Waals surface area contributed by atoms with Crippen LogP contribution in [-0.4, -0.2) is 24.3 Å². The molecule has 1 aliphatic rings. The molecule has 5 rings (SSSR count). The van der Waals surface area contributed by atoms with Crippen LogP contribution < -0.4 is 10.5 Å². The highest BCUT2D eigenvalue weighted by molar-refractivity contribution is 5.67. The van der Waals surface area contributed by atoms with Crippen LogP contribution in [0.15, 0.2) is 49.1 Å². The van der Waals surface area contributed by atoms with Crippen LogP contribution in [0.2, 0.25) is 0 Å². The van der Waals surface area contributed by atoms with Crippen molar-refractivity contribution < 1.29 is 9.13 Å². The number of hydrogen-bond donors (Lipinski definition) is 1. The first-order valence-electron chi connectivity index (χ1n) is 9.84. The summed E-state index contributed by atoms with van der Waals surface area (Å²) in [6.07, 6.45) is 7.31. The molecule has 0 amide bonds. The molecule has 4 heterocycles. The van der Waals surface area contributed by atoms with Crippen molar-refractivity contribution in [3.05, 3.63) is 71.8 Å². The fourth-order valence-corrected chi connectivity index (χ4v) is 3.99. The Bertz CT molecular complexity index is 1240. The monoisotopic (exact) mass is 404 g/mol. The summed E-state index contributed by atoms with van der Waals surface area (Å²) in [7, 11) is 0. The van der Waals surface area contributed by atoms with Gasteiger partial charge in [0, 0.05) is 48.2 Å². The summed E-state index contributed by atoms with van der Waals surface area (Å²) in [5.74, 6) is 1.24. The minimum atomic E-state index is -0.458. The van der Waals surface area contributed by atoms with Gasteiger partial charge in [-0.05, 0) is 38.1 Å². The van der Waals surface area contributed by atoms with Crippen LogP contribution in [0, 0.1) is 5.82 Å². The van der Waals surface area contributed by atoms with Crippen LogP contribution in [0.5, 0.6) is 5.75 Å². The third-order valence-corrected chi connectivity index (χ3v) is 5.43. The number of aromatic nitrogens is 5. The van der Waals surface area contributed by atoms with Crippen LogP contribution in [0.1, 0.15) is 36.9 Å². The normalized spacial score (nSPS) is 15.2. The highest BCUT2D eigenvalue weighted by atomic mass is 19.1. The molecule has 1 aliphatic heterocycles. The van der Waals surface area contributed by atoms with Gasteiger partial charge in [-0.1, -0.05) is 0 Å². The van der Waals surface area contributed by atoms with E-state index < -0.39 is 6.10 Å². The zero-order valence-electron chi connectivity index (χ0n) is 16.7. The molecule has 152 valence electrons. The van der Waals surface area contributed by atoms with Gasteiger partial charge in [0.25, 0.3) is 0 Å². The van der Waals surface area contributed by atoms with Crippen LogP contribution in [0.3, 0.4) is 0 Å². The van der Waals surface area contributed by atoms with Crippen molar-refractivity contribution in [2.24, 2.45) is 0 Å². The first-order valence-corrected chi connectivity index (χ1v) is 9.84. The van der Waals surface area contributed by atoms with Crippen molar-refractivity contribution in [2.75, 3.05) is 5.73 Å². The third-order valence-electron chi connectivity index (χ3n) is 5.43. The molecule has 2 N–H and O–H groups in total. The van der Waals surface area contributed by atoms with E-state index in [2.05, 4.69) is 15.1 Å². The Hall–Kier alpha value is -3.68. The molecule has 4 aromatic rings. The Kier molecular flexibility index (Phi) is 4.27. The smallest absolute Gasteiger partial charge is 0.166 e. The molecule has 3 aromatic heterocycles. The number of nitrogen functional groups attached to an aromatic ring is 1. The van der Waals surface area contributed by atoms with Gasteiger partial charge in [-0.2, -0.15) is 5.10 Å². The molecular formula is C22H21FN6O. The van der Waals surface area contributed by atoms with Gasteiger partial charge in [0.2, 0.25) is 0 Å². The van der Waals surface area contributed by atoms with E-state index in [0.29, 0.717) is 24.3 Å². The summed E-state index contributed by atoms with van der Waals surface area (Å²) in [4.78, 5) is 8.91. The molecule has 30 heavy (non-hydrogen) atoms. The fourth-order valence-electron chi connectivity index (χ4n) is 3.99. The maximum absolute atomic E-state index is 14.1. The van der Waals surface area contributed by atoms with Crippen molar-refractivity contribution in [3.63, 3.8) is 0 Å². The number of pyridine rings is 1. The number of nitrogens with zero attached hydrogens (tertiary/aromatic N) is 5. The van der Waals surface area contributed by atoms with E-state index >= 15 is 0 Å². The second-order valence-corrected chi connectivity index (χ2v) is 7.30. The largest absolute Gasteiger partial charge is 0.482 e. The van der Waals surface area contributed by atoms with Crippen molar-refractivity contribution in [1.29, 1.82) is 0 Å². The van der Waals surface area contributed by atoms with Gasteiger partial charge in [-0.15, -0.1) is 0 Å². The zero-order chi connectivity index (χ0) is 20.8. The van der Waals surface area contributed by atoms with E-state index in [-0.39, 0.29) is 11.6 Å². The first kappa shape index (κ1) is 18.4. The lowest BCUT2D eigenvalue weighted by molar-refractivity contribution is 0.227. The number of rotatable bonds is 1. The Morgan fingerprint density at radius 1 is 1.23 bits per heavy atom. The minimum Gasteiger partial charge on any atom is -0.482 e. The quantitative estimate of drug-likeness (QED) is 0.520. The number of benzene rings is 1. The number of nitrogens with two attached hydrogens (primary N) is 1. The van der Waals surface area contributed by atoms with E-state index in [1.165, 1.54) is 12.1 Å². The maximum atomic E-state index is 14.1. The molecule has 8 heteroatoms. The second kappa shape index (κ2) is 6.98. The molecule has 0 unspecified atom stereocenters. The van der Waals surface area contributed by atoms with Gasteiger partial charge in [0.1, 0.15) is 17.7 Å². The zero-order valence-corrected chi connectivity index (χ0v) is 16.7. The third kappa shape index (κ3) is 2.92. The summed E-state index contributed by atoms with van der Waals surface area (Å²) in [5, 5.41) is 4.54. The van der Waals surface area contributed by atoms with Crippen molar-refractivity contribution in [3.8, 4) is 22.7 Å². The molecule has 0 saturated carbocycles. The van der Waals surface area contributed by atoms with E-state index in [9.17, 15) is 4.39 Å². The maximum Gasteiger partial charge on any atom is 0.166 e. The Balaban J connectivity index is 1.79. The molecule has 1 aromatic carbocycles. The van der Waals surface area contributed by atoms with Crippen LogP contribution in [0.25, 0.3) is 16.9 Å². The average molecular weight is 404 g/mol. The predicted molar refractivity (Wildman–Crippen MR) is 111 cm³/mol. The van der Waals surface area contributed by atoms with Crippen LogP contribution in [0.4, 0.5) is 10.2 Å². The van der Waals surface area contributed by atoms with E-state index in [4.69, 9.17) is 10.5 Å². The molecule has 0 saturated heterocycles. The van der Waals surface area contributed by atoms with E-state index in [1.807, 2.05) is 41.6 Å². The fraction of sp³-hybridized carbons (Fsp3) is 0.227. The minimum absolute atomic E-state index is 0.285. The number of ether oxygens (including phenoxy) is 1. The van der Waals surface area contributed by atoms with Gasteiger partial charge in [-0.25, -0.2) is 14.4 Å². The number of imidazole rings is 1. The summed E-state index contributed by atoms with van der Waals surface area (Å²) in [6.45, 7) is 4.62. The molecule has 0 spiro atoms. The molecular weight excluding hydrogens is 383 g/mol. The standard InChI is InChI=1S/C22H21FN6O/c1-3-29-21-14-8-19(22(24)26-11-14)30-13(2)17-10-16(23)4-5-18(17)28-7-6-25-20(28)9-15(21)12-27-29/h4-8,10-13H,3,9H2,1-2H3,(H2,24,26)/t13-/m1/s1. The highest BCUT2D eigenvalue weighted by Gasteiger charge is 2.22. The topological polar surface area (TPSA) is 83.8 Å². The van der Waals surface area contributed by atoms with Crippen molar-refractivity contribution in [1.82, 2.24) is 24.3 Å². The summed E-state index contributed by atoms with van der Waals surface area (Å²) in [5.41, 5.74) is 10.4. The van der Waals surface area contributed by atoms with Gasteiger partial charge < -0.3 is 15.0 Å². The lowest BCUT2D eigenvalue weighted by Crippen LogP contribution is -2.13. The van der Waals surface area contributed by atoms with Crippen molar-refractivity contribution in [2.45, 2.75) is 32.9 Å². The highest BCUT2D eigenvalue weighted by Crippen LogP contribution is 2.35. The lowest BCUT2D eigenvalue weighted by atomic mass is 10.0. The van der Waals surface area contributed by atoms with E-state index in [0.717, 1.165) is 28.3 Å². The number of hydrogen-bond acceptors (Lipinski definition) is 5. The van der Waals surface area contributed by atoms with Gasteiger partial charge in [-0.3, -0.25) is 4.68 Å². The van der Waals surface area contributed by atoms with Crippen LogP contribution >= 0.6 is 0 Å². The molecule has 0 aliphatic carbocycles.